The van der Waals surface area contributed by atoms with Gasteiger partial charge in [0.2, 0.25) is 0 Å². The monoisotopic (exact) mass is 399 g/mol. The zero-order chi connectivity index (χ0) is 17.4. The van der Waals surface area contributed by atoms with Crippen LogP contribution >= 0.6 is 15.9 Å². The summed E-state index contributed by atoms with van der Waals surface area (Å²) in [6.45, 7) is 0. The van der Waals surface area contributed by atoms with E-state index in [0.29, 0.717) is 0 Å². The Labute approximate surface area is 148 Å². The van der Waals surface area contributed by atoms with Gasteiger partial charge >= 0.3 is 5.97 Å². The van der Waals surface area contributed by atoms with Gasteiger partial charge in [-0.1, -0.05) is 0 Å². The normalized spacial score (nSPS) is 27.8. The molecule has 0 radical (unpaired) electrons. The molecule has 0 unspecified atom stereocenters. The van der Waals surface area contributed by atoms with E-state index >= 15 is 0 Å². The fourth-order valence-corrected chi connectivity index (χ4v) is 4.42. The lowest BCUT2D eigenvalue weighted by molar-refractivity contribution is -0.148. The second-order valence-electron chi connectivity index (χ2n) is 6.35. The maximum Gasteiger partial charge on any atom is 0.311 e. The van der Waals surface area contributed by atoms with Gasteiger partial charge in [-0.25, -0.2) is 4.39 Å². The fraction of sp³-hybridized carbons (Fsp3) is 0.529. The van der Waals surface area contributed by atoms with E-state index in [1.165, 1.54) is 20.3 Å². The maximum absolute atomic E-state index is 13.6. The highest BCUT2D eigenvalue weighted by Gasteiger charge is 2.52. The summed E-state index contributed by atoms with van der Waals surface area (Å²) in [6, 6.07) is 2.30. The molecule has 0 saturated heterocycles. The van der Waals surface area contributed by atoms with Crippen LogP contribution in [0.2, 0.25) is 0 Å². The lowest BCUT2D eigenvalue weighted by Gasteiger charge is -2.30. The van der Waals surface area contributed by atoms with Crippen LogP contribution < -0.4 is 10.1 Å². The number of methoxy groups -OCH3 is 2. The predicted octanol–water partition coefficient (Wildman–Crippen LogP) is 2.91. The average Bonchev–Trinajstić information content (AvgIpc) is 3.17. The molecule has 2 aliphatic rings. The van der Waals surface area contributed by atoms with E-state index in [9.17, 15) is 14.0 Å². The van der Waals surface area contributed by atoms with Crippen LogP contribution in [0, 0.1) is 23.6 Å². The van der Waals surface area contributed by atoms with Crippen molar-refractivity contribution in [1.29, 1.82) is 0 Å². The van der Waals surface area contributed by atoms with Crippen molar-refractivity contribution < 1.29 is 23.5 Å². The molecule has 0 heterocycles. The lowest BCUT2D eigenvalue weighted by atomic mass is 9.84. The molecule has 7 heteroatoms. The third-order valence-electron chi connectivity index (χ3n) is 5.17. The summed E-state index contributed by atoms with van der Waals surface area (Å²) in [6.07, 6.45) is 2.91. The Hall–Kier alpha value is -1.63. The van der Waals surface area contributed by atoms with Gasteiger partial charge in [-0.3, -0.25) is 9.59 Å². The first-order chi connectivity index (χ1) is 11.5. The Bertz CT molecular complexity index is 681. The molecule has 3 rings (SSSR count). The third-order valence-corrected chi connectivity index (χ3v) is 5.78. The van der Waals surface area contributed by atoms with Gasteiger partial charge in [0.15, 0.2) is 0 Å². The van der Waals surface area contributed by atoms with Crippen molar-refractivity contribution in [2.45, 2.75) is 25.3 Å². The van der Waals surface area contributed by atoms with Gasteiger partial charge in [0.1, 0.15) is 11.6 Å². The number of nitrogens with one attached hydrogen (secondary N) is 1. The number of benzene rings is 1. The number of carbonyl (C=O) groups is 2. The highest BCUT2D eigenvalue weighted by Crippen LogP contribution is 2.49. The number of halogens is 2. The van der Waals surface area contributed by atoms with E-state index < -0.39 is 5.82 Å². The molecule has 2 bridgehead atoms. The van der Waals surface area contributed by atoms with E-state index in [4.69, 9.17) is 9.47 Å². The van der Waals surface area contributed by atoms with Gasteiger partial charge in [0.25, 0.3) is 5.91 Å². The van der Waals surface area contributed by atoms with Crippen molar-refractivity contribution in [1.82, 2.24) is 5.32 Å². The summed E-state index contributed by atoms with van der Waals surface area (Å²) < 4.78 is 23.8. The quantitative estimate of drug-likeness (QED) is 0.790. The minimum atomic E-state index is -0.504. The molecule has 1 N–H and O–H groups in total. The Balaban J connectivity index is 1.84. The SMILES string of the molecule is COC(=O)[C@H]1[C@H]2CC[C@@H](C2)[C@H]1NC(=O)c1cc(Br)c(F)cc1OC. The van der Waals surface area contributed by atoms with Crippen LogP contribution in [-0.4, -0.2) is 32.1 Å². The lowest BCUT2D eigenvalue weighted by Crippen LogP contribution is -2.47. The van der Waals surface area contributed by atoms with Crippen molar-refractivity contribution in [3.8, 4) is 5.75 Å². The minimum Gasteiger partial charge on any atom is -0.496 e. The zero-order valence-corrected chi connectivity index (χ0v) is 15.1. The van der Waals surface area contributed by atoms with Crippen molar-refractivity contribution in [2.75, 3.05) is 14.2 Å². The van der Waals surface area contributed by atoms with Crippen molar-refractivity contribution in [2.24, 2.45) is 17.8 Å². The van der Waals surface area contributed by atoms with Gasteiger partial charge in [-0.15, -0.1) is 0 Å². The van der Waals surface area contributed by atoms with E-state index in [-0.39, 0.29) is 51.5 Å². The van der Waals surface area contributed by atoms with Crippen LogP contribution in [-0.2, 0) is 9.53 Å². The Kier molecular flexibility index (Phi) is 4.80. The van der Waals surface area contributed by atoms with Gasteiger partial charge in [0, 0.05) is 12.1 Å². The second-order valence-corrected chi connectivity index (χ2v) is 7.20. The summed E-state index contributed by atoms with van der Waals surface area (Å²) in [5.41, 5.74) is 0.233. The van der Waals surface area contributed by atoms with Crippen molar-refractivity contribution >= 4 is 27.8 Å². The molecule has 2 saturated carbocycles. The van der Waals surface area contributed by atoms with Gasteiger partial charge in [-0.2, -0.15) is 0 Å². The average molecular weight is 400 g/mol. The molecular weight excluding hydrogens is 381 g/mol. The topological polar surface area (TPSA) is 64.6 Å². The number of amides is 1. The molecular formula is C17H19BrFNO4. The molecule has 1 amide bonds. The molecule has 24 heavy (non-hydrogen) atoms. The summed E-state index contributed by atoms with van der Waals surface area (Å²) in [4.78, 5) is 24.8. The number of carbonyl (C=O) groups excluding carboxylic acids is 2. The Morgan fingerprint density at radius 1 is 1.25 bits per heavy atom. The van der Waals surface area contributed by atoms with E-state index in [1.807, 2.05) is 0 Å². The van der Waals surface area contributed by atoms with Crippen LogP contribution in [0.3, 0.4) is 0 Å². The van der Waals surface area contributed by atoms with Gasteiger partial charge in [-0.05, 0) is 53.1 Å². The highest BCUT2D eigenvalue weighted by molar-refractivity contribution is 9.10. The Morgan fingerprint density at radius 3 is 2.62 bits per heavy atom. The highest BCUT2D eigenvalue weighted by atomic mass is 79.9. The van der Waals surface area contributed by atoms with Gasteiger partial charge < -0.3 is 14.8 Å². The molecule has 0 aromatic heterocycles. The smallest absolute Gasteiger partial charge is 0.311 e. The van der Waals surface area contributed by atoms with Crippen LogP contribution in [0.4, 0.5) is 4.39 Å². The standard InChI is InChI=1S/C17H19BrFNO4/c1-23-13-7-12(19)11(18)6-10(13)16(21)20-15-9-4-3-8(5-9)14(15)17(22)24-2/h6-9,14-15H,3-5H2,1-2H3,(H,20,21)/t8-,9-,14-,15+/m0/s1. The van der Waals surface area contributed by atoms with E-state index in [1.54, 1.807) is 0 Å². The molecule has 5 nitrogen and oxygen atoms in total. The first-order valence-electron chi connectivity index (χ1n) is 7.88. The number of hydrogen-bond acceptors (Lipinski definition) is 4. The van der Waals surface area contributed by atoms with E-state index in [2.05, 4.69) is 21.2 Å². The molecule has 1 aromatic rings. The van der Waals surface area contributed by atoms with Gasteiger partial charge in [0.05, 0.1) is 30.2 Å². The van der Waals surface area contributed by atoms with Crippen molar-refractivity contribution in [3.63, 3.8) is 0 Å². The summed E-state index contributed by atoms with van der Waals surface area (Å²) in [5.74, 6) is -0.777. The molecule has 1 aromatic carbocycles. The molecule has 0 spiro atoms. The van der Waals surface area contributed by atoms with Crippen LogP contribution in [0.15, 0.2) is 16.6 Å². The summed E-state index contributed by atoms with van der Waals surface area (Å²) in [7, 11) is 2.75. The van der Waals surface area contributed by atoms with Crippen LogP contribution in [0.1, 0.15) is 29.6 Å². The van der Waals surface area contributed by atoms with E-state index in [0.717, 1.165) is 25.3 Å². The first-order valence-corrected chi connectivity index (χ1v) is 8.67. The fourth-order valence-electron chi connectivity index (χ4n) is 4.08. The summed E-state index contributed by atoms with van der Waals surface area (Å²) in [5, 5.41) is 2.95. The summed E-state index contributed by atoms with van der Waals surface area (Å²) >= 11 is 3.08. The number of esters is 1. The number of hydrogen-bond donors (Lipinski definition) is 1. The molecule has 2 aliphatic carbocycles. The molecule has 2 fully saturated rings. The third kappa shape index (κ3) is 2.90. The van der Waals surface area contributed by atoms with Crippen molar-refractivity contribution in [3.05, 3.63) is 28.0 Å². The second kappa shape index (κ2) is 6.70. The predicted molar refractivity (Wildman–Crippen MR) is 88.2 cm³/mol. The molecule has 4 atom stereocenters. The zero-order valence-electron chi connectivity index (χ0n) is 13.5. The number of rotatable bonds is 4. The minimum absolute atomic E-state index is 0.158. The first kappa shape index (κ1) is 17.2. The number of ether oxygens (including phenoxy) is 2. The number of fused-ring (bicyclic) bond motifs is 2. The molecule has 0 aliphatic heterocycles. The maximum atomic E-state index is 13.6. The molecule has 130 valence electrons. The van der Waals surface area contributed by atoms with Crippen LogP contribution in [0.25, 0.3) is 0 Å². The largest absolute Gasteiger partial charge is 0.496 e. The van der Waals surface area contributed by atoms with Crippen LogP contribution in [0.5, 0.6) is 5.75 Å². The Morgan fingerprint density at radius 2 is 1.96 bits per heavy atom.